The number of hydrogen-bond donors (Lipinski definition) is 2. The largest absolute Gasteiger partial charge is 0.481 e. The van der Waals surface area contributed by atoms with E-state index in [9.17, 15) is 9.59 Å². The third-order valence-corrected chi connectivity index (χ3v) is 1.86. The molecule has 0 bridgehead atoms. The third-order valence-electron chi connectivity index (χ3n) is 1.86. The first-order chi connectivity index (χ1) is 6.56. The van der Waals surface area contributed by atoms with Crippen molar-refractivity contribution in [3.8, 4) is 12.3 Å². The Morgan fingerprint density at radius 2 is 1.71 bits per heavy atom. The molecule has 0 rings (SSSR count). The number of hydrogen-bond acceptors (Lipinski definition) is 2. The average Bonchev–Trinajstić information content (AvgIpc) is 2.02. The maximum atomic E-state index is 10.4. The fraction of sp³-hybridized carbons (Fsp3) is 0.600. The van der Waals surface area contributed by atoms with E-state index in [0.29, 0.717) is 19.3 Å². The van der Waals surface area contributed by atoms with Crippen molar-refractivity contribution < 1.29 is 19.8 Å². The summed E-state index contributed by atoms with van der Waals surface area (Å²) in [6, 6.07) is 0. The Labute approximate surface area is 82.9 Å². The van der Waals surface area contributed by atoms with Crippen LogP contribution in [0.15, 0.2) is 0 Å². The minimum Gasteiger partial charge on any atom is -0.481 e. The molecule has 0 aromatic carbocycles. The van der Waals surface area contributed by atoms with Crippen LogP contribution in [0.5, 0.6) is 0 Å². The summed E-state index contributed by atoms with van der Waals surface area (Å²) < 4.78 is 0. The van der Waals surface area contributed by atoms with Crippen molar-refractivity contribution in [2.24, 2.45) is 5.92 Å². The van der Waals surface area contributed by atoms with E-state index in [-0.39, 0.29) is 18.8 Å². The highest BCUT2D eigenvalue weighted by Crippen LogP contribution is 2.16. The maximum absolute atomic E-state index is 10.4. The normalized spacial score (nSPS) is 9.71. The van der Waals surface area contributed by atoms with Gasteiger partial charge in [0.05, 0.1) is 0 Å². The van der Waals surface area contributed by atoms with E-state index in [4.69, 9.17) is 16.6 Å². The van der Waals surface area contributed by atoms with Crippen LogP contribution in [0, 0.1) is 18.3 Å². The summed E-state index contributed by atoms with van der Waals surface area (Å²) >= 11 is 0. The summed E-state index contributed by atoms with van der Waals surface area (Å²) in [6.45, 7) is 0. The molecule has 0 unspecified atom stereocenters. The highest BCUT2D eigenvalue weighted by molar-refractivity contribution is 5.70. The molecule has 0 aliphatic rings. The zero-order chi connectivity index (χ0) is 11.0. The predicted octanol–water partition coefficient (Wildman–Crippen LogP) is 1.36. The molecule has 0 fully saturated rings. The minimum atomic E-state index is -0.961. The lowest BCUT2D eigenvalue weighted by molar-refractivity contribution is -0.140. The van der Waals surface area contributed by atoms with Gasteiger partial charge in [0, 0.05) is 19.3 Å². The lowest BCUT2D eigenvalue weighted by Crippen LogP contribution is -2.12. The van der Waals surface area contributed by atoms with Crippen molar-refractivity contribution in [2.75, 3.05) is 0 Å². The number of unbranched alkanes of at least 4 members (excludes halogenated alkanes) is 1. The van der Waals surface area contributed by atoms with E-state index in [2.05, 4.69) is 5.92 Å². The van der Waals surface area contributed by atoms with Gasteiger partial charge >= 0.3 is 11.9 Å². The van der Waals surface area contributed by atoms with E-state index in [0.717, 1.165) is 0 Å². The molecular formula is C10H14O4. The molecule has 0 amide bonds. The molecule has 0 aliphatic heterocycles. The number of carboxylic acid groups (broad SMARTS) is 2. The summed E-state index contributed by atoms with van der Waals surface area (Å²) in [5.41, 5.74) is 0. The maximum Gasteiger partial charge on any atom is 0.303 e. The molecule has 2 N–H and O–H groups in total. The second-order valence-corrected chi connectivity index (χ2v) is 3.16. The van der Waals surface area contributed by atoms with E-state index in [1.165, 1.54) is 0 Å². The Balaban J connectivity index is 3.91. The van der Waals surface area contributed by atoms with Crippen molar-refractivity contribution in [2.45, 2.75) is 32.1 Å². The van der Waals surface area contributed by atoms with Crippen molar-refractivity contribution in [1.82, 2.24) is 0 Å². The van der Waals surface area contributed by atoms with Gasteiger partial charge in [0.2, 0.25) is 0 Å². The van der Waals surface area contributed by atoms with Crippen LogP contribution >= 0.6 is 0 Å². The Kier molecular flexibility index (Phi) is 6.21. The average molecular weight is 198 g/mol. The molecule has 0 spiro atoms. The second-order valence-electron chi connectivity index (χ2n) is 3.16. The van der Waals surface area contributed by atoms with Crippen molar-refractivity contribution in [3.63, 3.8) is 0 Å². The third kappa shape index (κ3) is 7.17. The Morgan fingerprint density at radius 3 is 2.07 bits per heavy atom. The standard InChI is InChI=1S/C10H14O4/c1-2-3-4-5-8(6-9(11)12)7-10(13)14/h1,8H,3-7H2,(H,11,12)(H,13,14). The van der Waals surface area contributed by atoms with Crippen LogP contribution in [0.4, 0.5) is 0 Å². The molecule has 0 aliphatic carbocycles. The summed E-state index contributed by atoms with van der Waals surface area (Å²) in [5.74, 6) is 0.205. The van der Waals surface area contributed by atoms with Crippen LogP contribution < -0.4 is 0 Å². The van der Waals surface area contributed by atoms with E-state index in [1.807, 2.05) is 0 Å². The first-order valence-electron chi connectivity index (χ1n) is 4.43. The van der Waals surface area contributed by atoms with E-state index >= 15 is 0 Å². The molecule has 0 heterocycles. The molecule has 0 saturated carbocycles. The van der Waals surface area contributed by atoms with E-state index in [1.54, 1.807) is 0 Å². The highest BCUT2D eigenvalue weighted by atomic mass is 16.4. The molecule has 14 heavy (non-hydrogen) atoms. The Hall–Kier alpha value is -1.50. The fourth-order valence-corrected chi connectivity index (χ4v) is 1.26. The number of terminal acetylenes is 1. The summed E-state index contributed by atoms with van der Waals surface area (Å²) in [4.78, 5) is 20.8. The summed E-state index contributed by atoms with van der Waals surface area (Å²) in [7, 11) is 0. The van der Waals surface area contributed by atoms with Crippen LogP contribution in [0.25, 0.3) is 0 Å². The number of rotatable bonds is 7. The fourth-order valence-electron chi connectivity index (χ4n) is 1.26. The first kappa shape index (κ1) is 12.5. The monoisotopic (exact) mass is 198 g/mol. The van der Waals surface area contributed by atoms with Gasteiger partial charge in [-0.05, 0) is 18.8 Å². The summed E-state index contributed by atoms with van der Waals surface area (Å²) in [6.07, 6.45) is 6.64. The van der Waals surface area contributed by atoms with Gasteiger partial charge in [0.25, 0.3) is 0 Å². The number of carbonyl (C=O) groups is 2. The molecule has 0 radical (unpaired) electrons. The van der Waals surface area contributed by atoms with Crippen molar-refractivity contribution >= 4 is 11.9 Å². The smallest absolute Gasteiger partial charge is 0.303 e. The quantitative estimate of drug-likeness (QED) is 0.478. The molecule has 78 valence electrons. The van der Waals surface area contributed by atoms with Crippen LogP contribution in [-0.2, 0) is 9.59 Å². The minimum absolute atomic E-state index is 0.100. The van der Waals surface area contributed by atoms with Crippen LogP contribution in [-0.4, -0.2) is 22.2 Å². The van der Waals surface area contributed by atoms with Gasteiger partial charge in [-0.2, -0.15) is 0 Å². The second kappa shape index (κ2) is 6.96. The topological polar surface area (TPSA) is 74.6 Å². The number of aliphatic carboxylic acids is 2. The highest BCUT2D eigenvalue weighted by Gasteiger charge is 2.16. The molecular weight excluding hydrogens is 184 g/mol. The van der Waals surface area contributed by atoms with Gasteiger partial charge in [0.1, 0.15) is 0 Å². The van der Waals surface area contributed by atoms with Crippen molar-refractivity contribution in [1.29, 1.82) is 0 Å². The summed E-state index contributed by atoms with van der Waals surface area (Å²) in [5, 5.41) is 17.0. The van der Waals surface area contributed by atoms with Crippen LogP contribution in [0.2, 0.25) is 0 Å². The zero-order valence-electron chi connectivity index (χ0n) is 7.90. The zero-order valence-corrected chi connectivity index (χ0v) is 7.90. The first-order valence-corrected chi connectivity index (χ1v) is 4.43. The molecule has 0 atom stereocenters. The molecule has 0 aromatic rings. The van der Waals surface area contributed by atoms with Crippen molar-refractivity contribution in [3.05, 3.63) is 0 Å². The molecule has 0 aromatic heterocycles. The van der Waals surface area contributed by atoms with Gasteiger partial charge < -0.3 is 10.2 Å². The van der Waals surface area contributed by atoms with Gasteiger partial charge in [-0.15, -0.1) is 12.3 Å². The predicted molar refractivity (Wildman–Crippen MR) is 50.7 cm³/mol. The van der Waals surface area contributed by atoms with Gasteiger partial charge in [-0.1, -0.05) is 0 Å². The van der Waals surface area contributed by atoms with Gasteiger partial charge in [-0.3, -0.25) is 9.59 Å². The molecule has 4 nitrogen and oxygen atoms in total. The lowest BCUT2D eigenvalue weighted by Gasteiger charge is -2.10. The Morgan fingerprint density at radius 1 is 1.21 bits per heavy atom. The lowest BCUT2D eigenvalue weighted by atomic mass is 9.95. The van der Waals surface area contributed by atoms with E-state index < -0.39 is 11.9 Å². The Bertz CT molecular complexity index is 223. The van der Waals surface area contributed by atoms with Crippen LogP contribution in [0.1, 0.15) is 32.1 Å². The van der Waals surface area contributed by atoms with Gasteiger partial charge in [0.15, 0.2) is 0 Å². The molecule has 0 saturated heterocycles. The van der Waals surface area contributed by atoms with Gasteiger partial charge in [-0.25, -0.2) is 0 Å². The number of carboxylic acids is 2. The SMILES string of the molecule is C#CCCCC(CC(=O)O)CC(=O)O. The van der Waals surface area contributed by atoms with Crippen LogP contribution in [0.3, 0.4) is 0 Å². The molecule has 4 heteroatoms.